The quantitative estimate of drug-likeness (QED) is 0.285. The number of esters is 1. The zero-order chi connectivity index (χ0) is 23.7. The molecule has 1 unspecified atom stereocenters. The molecule has 9 heteroatoms. The fourth-order valence-corrected chi connectivity index (χ4v) is 3.59. The number of hydrogen-bond acceptors (Lipinski definition) is 7. The Morgan fingerprint density at radius 1 is 1.19 bits per heavy atom. The topological polar surface area (TPSA) is 107 Å². The smallest absolute Gasteiger partial charge is 0.307 e. The number of benzene rings is 2. The van der Waals surface area contributed by atoms with E-state index in [0.29, 0.717) is 22.8 Å². The molecule has 0 bridgehead atoms. The number of rotatable bonds is 6. The third kappa shape index (κ3) is 4.56. The van der Waals surface area contributed by atoms with E-state index in [1.54, 1.807) is 25.1 Å². The molecule has 1 aliphatic rings. The Bertz CT molecular complexity index is 1290. The zero-order valence-electron chi connectivity index (χ0n) is 17.8. The van der Waals surface area contributed by atoms with Gasteiger partial charge in [-0.15, -0.1) is 9.35 Å². The van der Waals surface area contributed by atoms with Crippen molar-refractivity contribution < 1.29 is 31.8 Å². The Morgan fingerprint density at radius 2 is 1.84 bits per heavy atom. The summed E-state index contributed by atoms with van der Waals surface area (Å²) in [6.45, 7) is 7.16. The van der Waals surface area contributed by atoms with E-state index in [9.17, 15) is 22.8 Å². The molecule has 1 aliphatic heterocycles. The van der Waals surface area contributed by atoms with Crippen LogP contribution in [0.2, 0.25) is 0 Å². The van der Waals surface area contributed by atoms with Crippen molar-refractivity contribution in [2.45, 2.75) is 32.3 Å². The molecule has 166 valence electrons. The van der Waals surface area contributed by atoms with Crippen LogP contribution in [0.1, 0.15) is 53.0 Å². The minimum atomic E-state index is -4.10. The van der Waals surface area contributed by atoms with Crippen molar-refractivity contribution in [2.24, 2.45) is 0 Å². The van der Waals surface area contributed by atoms with Gasteiger partial charge in [0.15, 0.2) is 5.60 Å². The molecule has 2 aromatic carbocycles. The van der Waals surface area contributed by atoms with E-state index in [1.807, 2.05) is 6.92 Å². The number of nitrogens with zero attached hydrogens (tertiary/aromatic N) is 1. The maximum absolute atomic E-state index is 12.8. The number of imide groups is 1. The van der Waals surface area contributed by atoms with Gasteiger partial charge >= 0.3 is 5.97 Å². The zero-order valence-corrected chi connectivity index (χ0v) is 18.6. The van der Waals surface area contributed by atoms with Crippen molar-refractivity contribution in [3.63, 3.8) is 0 Å². The van der Waals surface area contributed by atoms with Crippen LogP contribution in [0.3, 0.4) is 0 Å². The maximum Gasteiger partial charge on any atom is 0.307 e. The summed E-state index contributed by atoms with van der Waals surface area (Å²) in [5.74, 6) is 3.64. The molecule has 2 aromatic rings. The van der Waals surface area contributed by atoms with E-state index in [1.165, 1.54) is 18.2 Å². The predicted molar refractivity (Wildman–Crippen MR) is 117 cm³/mol. The van der Waals surface area contributed by atoms with Crippen LogP contribution in [-0.2, 0) is 23.9 Å². The first-order valence-electron chi connectivity index (χ1n) is 9.72. The van der Waals surface area contributed by atoms with Crippen molar-refractivity contribution in [1.29, 1.82) is 0 Å². The molecule has 0 aliphatic carbocycles. The molecule has 8 nitrogen and oxygen atoms in total. The highest BCUT2D eigenvalue weighted by atomic mass is 32.2. The van der Waals surface area contributed by atoms with E-state index < -0.39 is 33.5 Å². The maximum atomic E-state index is 12.8. The van der Waals surface area contributed by atoms with Gasteiger partial charge in [0.2, 0.25) is 0 Å². The van der Waals surface area contributed by atoms with E-state index >= 15 is 0 Å². The molecule has 1 heterocycles. The molecule has 0 saturated carbocycles. The summed E-state index contributed by atoms with van der Waals surface area (Å²) in [7, 11) is -4.10. The second-order valence-corrected chi connectivity index (χ2v) is 8.91. The first-order valence-corrected chi connectivity index (χ1v) is 11.5. The van der Waals surface area contributed by atoms with Gasteiger partial charge in [-0.25, -0.2) is 0 Å². The molecule has 0 spiro atoms. The summed E-state index contributed by atoms with van der Waals surface area (Å²) in [6, 6.07) is 7.76. The largest absolute Gasteiger partial charge is 0.442 e. The van der Waals surface area contributed by atoms with Crippen LogP contribution in [0.5, 0.6) is 0 Å². The molecule has 0 N–H and O–H groups in total. The Labute approximate surface area is 185 Å². The van der Waals surface area contributed by atoms with Crippen molar-refractivity contribution in [1.82, 2.24) is 5.06 Å². The van der Waals surface area contributed by atoms with Crippen molar-refractivity contribution in [3.05, 3.63) is 59.7 Å². The van der Waals surface area contributed by atoms with Crippen LogP contribution in [0.4, 0.5) is 0 Å². The Balaban J connectivity index is 2.09. The minimum Gasteiger partial charge on any atom is -0.442 e. The van der Waals surface area contributed by atoms with E-state index in [2.05, 4.69) is 22.7 Å². The standard InChI is InChI=1S/C23H21NO7S/c1-5-8-19(25)30-23(3,6-2)14-13-15-11-12-18-20-16(15)9-7-10-17(20)21(26)24(22(18)27)31-32(4,28)29/h6-7,9-12H,2,5,8H2,1,3-4H3. The molecule has 1 atom stereocenters. The molecule has 0 fully saturated rings. The molecule has 32 heavy (non-hydrogen) atoms. The Morgan fingerprint density at radius 3 is 2.44 bits per heavy atom. The summed E-state index contributed by atoms with van der Waals surface area (Å²) in [5.41, 5.74) is -0.531. The van der Waals surface area contributed by atoms with Gasteiger partial charge in [0.25, 0.3) is 21.9 Å². The second-order valence-electron chi connectivity index (χ2n) is 7.36. The summed E-state index contributed by atoms with van der Waals surface area (Å²) < 4.78 is 33.0. The first kappa shape index (κ1) is 23.2. The Hall–Kier alpha value is -3.48. The fourth-order valence-electron chi connectivity index (χ4n) is 3.19. The van der Waals surface area contributed by atoms with Gasteiger partial charge in [-0.3, -0.25) is 14.4 Å². The van der Waals surface area contributed by atoms with Gasteiger partial charge in [0.1, 0.15) is 0 Å². The van der Waals surface area contributed by atoms with Crippen LogP contribution in [0, 0.1) is 11.8 Å². The van der Waals surface area contributed by atoms with Crippen molar-refractivity contribution >= 4 is 38.7 Å². The number of hydrogen-bond donors (Lipinski definition) is 0. The van der Waals surface area contributed by atoms with Crippen LogP contribution in [-0.4, -0.2) is 43.1 Å². The molecule has 3 rings (SSSR count). The second kappa shape index (κ2) is 8.57. The molecule has 0 radical (unpaired) electrons. The number of carbonyl (C=O) groups is 3. The summed E-state index contributed by atoms with van der Waals surface area (Å²) in [6.07, 6.45) is 3.05. The fraction of sp³-hybridized carbons (Fsp3) is 0.261. The van der Waals surface area contributed by atoms with Gasteiger partial charge in [0, 0.05) is 17.4 Å². The normalized spacial score (nSPS) is 15.0. The third-order valence-corrected chi connectivity index (χ3v) is 5.12. The predicted octanol–water partition coefficient (Wildman–Crippen LogP) is 2.97. The number of ether oxygens (including phenoxy) is 1. The number of amides is 2. The average molecular weight is 455 g/mol. The average Bonchev–Trinajstić information content (AvgIpc) is 2.73. The first-order chi connectivity index (χ1) is 15.0. The van der Waals surface area contributed by atoms with Crippen LogP contribution in [0.15, 0.2) is 43.0 Å². The molecule has 0 aromatic heterocycles. The minimum absolute atomic E-state index is 0.102. The van der Waals surface area contributed by atoms with Gasteiger partial charge in [0.05, 0.1) is 17.4 Å². The summed E-state index contributed by atoms with van der Waals surface area (Å²) in [5, 5.41) is 1.09. The SMILES string of the molecule is C=CC(C)(C#Cc1ccc2c3c(cccc13)C(=O)N(OS(C)(=O)=O)C2=O)OC(=O)CCC. The number of hydroxylamine groups is 2. The van der Waals surface area contributed by atoms with Crippen LogP contribution >= 0.6 is 0 Å². The van der Waals surface area contributed by atoms with E-state index in [-0.39, 0.29) is 22.6 Å². The van der Waals surface area contributed by atoms with Crippen LogP contribution < -0.4 is 0 Å². The van der Waals surface area contributed by atoms with Crippen molar-refractivity contribution in [2.75, 3.05) is 6.26 Å². The summed E-state index contributed by atoms with van der Waals surface area (Å²) >= 11 is 0. The summed E-state index contributed by atoms with van der Waals surface area (Å²) in [4.78, 5) is 37.4. The highest BCUT2D eigenvalue weighted by Crippen LogP contribution is 2.32. The van der Waals surface area contributed by atoms with Gasteiger partial charge in [-0.1, -0.05) is 31.6 Å². The van der Waals surface area contributed by atoms with Gasteiger partial charge in [-0.2, -0.15) is 8.42 Å². The van der Waals surface area contributed by atoms with Gasteiger partial charge in [-0.05, 0) is 48.9 Å². The van der Waals surface area contributed by atoms with E-state index in [4.69, 9.17) is 4.74 Å². The highest BCUT2D eigenvalue weighted by molar-refractivity contribution is 7.85. The number of carbonyl (C=O) groups excluding carboxylic acids is 3. The van der Waals surface area contributed by atoms with Crippen LogP contribution in [0.25, 0.3) is 10.8 Å². The highest BCUT2D eigenvalue weighted by Gasteiger charge is 2.36. The van der Waals surface area contributed by atoms with Gasteiger partial charge < -0.3 is 4.74 Å². The lowest BCUT2D eigenvalue weighted by atomic mass is 9.92. The lowest BCUT2D eigenvalue weighted by Gasteiger charge is -2.25. The Kier molecular flexibility index (Phi) is 6.21. The molecular formula is C23H21NO7S. The third-order valence-electron chi connectivity index (χ3n) is 4.70. The molecule has 0 saturated heterocycles. The lowest BCUT2D eigenvalue weighted by molar-refractivity contribution is -0.149. The molecular weight excluding hydrogens is 434 g/mol. The molecule has 2 amide bonds. The monoisotopic (exact) mass is 455 g/mol. The lowest BCUT2D eigenvalue weighted by Crippen LogP contribution is -2.41. The van der Waals surface area contributed by atoms with Crippen molar-refractivity contribution in [3.8, 4) is 11.8 Å². The van der Waals surface area contributed by atoms with E-state index in [0.717, 1.165) is 6.26 Å².